The van der Waals surface area contributed by atoms with E-state index >= 15 is 0 Å². The van der Waals surface area contributed by atoms with E-state index in [-0.39, 0.29) is 22.2 Å². The van der Waals surface area contributed by atoms with E-state index in [1.165, 1.54) is 23.9 Å². The van der Waals surface area contributed by atoms with Gasteiger partial charge < -0.3 is 10.3 Å². The Balaban J connectivity index is 1.78. The van der Waals surface area contributed by atoms with Gasteiger partial charge in [-0.1, -0.05) is 23.7 Å². The fraction of sp³-hybridized carbons (Fsp3) is 0.211. The third kappa shape index (κ3) is 5.08. The summed E-state index contributed by atoms with van der Waals surface area (Å²) in [7, 11) is 0. The maximum atomic E-state index is 12.8. The van der Waals surface area contributed by atoms with Crippen LogP contribution in [-0.2, 0) is 4.79 Å². The minimum atomic E-state index is -0.881. The zero-order chi connectivity index (χ0) is 21.7. The zero-order valence-electron chi connectivity index (χ0n) is 15.8. The summed E-state index contributed by atoms with van der Waals surface area (Å²) < 4.78 is 0. The van der Waals surface area contributed by atoms with Crippen LogP contribution >= 0.6 is 23.4 Å². The molecular formula is C19H18ClN5O4S. The van der Waals surface area contributed by atoms with Crippen LogP contribution in [0.15, 0.2) is 42.5 Å². The Kier molecular flexibility index (Phi) is 6.91. The van der Waals surface area contributed by atoms with Gasteiger partial charge in [-0.2, -0.15) is 11.8 Å². The number of amides is 2. The van der Waals surface area contributed by atoms with Crippen LogP contribution in [0.25, 0.3) is 11.0 Å². The number of halogens is 1. The van der Waals surface area contributed by atoms with E-state index in [2.05, 4.69) is 20.6 Å². The van der Waals surface area contributed by atoms with Crippen molar-refractivity contribution in [2.24, 2.45) is 0 Å². The van der Waals surface area contributed by atoms with Crippen molar-refractivity contribution in [1.82, 2.24) is 15.3 Å². The van der Waals surface area contributed by atoms with Crippen molar-refractivity contribution in [3.05, 3.63) is 63.2 Å². The van der Waals surface area contributed by atoms with Crippen molar-refractivity contribution in [3.8, 4) is 0 Å². The van der Waals surface area contributed by atoms with Crippen LogP contribution in [0.4, 0.5) is 11.6 Å². The molecule has 30 heavy (non-hydrogen) atoms. The summed E-state index contributed by atoms with van der Waals surface area (Å²) in [6.07, 6.45) is 2.24. The molecule has 2 amide bonds. The number of nitro groups is 1. The van der Waals surface area contributed by atoms with E-state index in [9.17, 15) is 19.7 Å². The normalized spacial score (nSPS) is 11.8. The topological polar surface area (TPSA) is 130 Å². The largest absolute Gasteiger partial charge is 0.340 e. The van der Waals surface area contributed by atoms with Crippen LogP contribution in [0.1, 0.15) is 16.8 Å². The molecule has 0 saturated carbocycles. The van der Waals surface area contributed by atoms with Gasteiger partial charge in [0.25, 0.3) is 11.6 Å². The van der Waals surface area contributed by atoms with Crippen molar-refractivity contribution in [2.75, 3.05) is 17.3 Å². The molecular weight excluding hydrogens is 430 g/mol. The van der Waals surface area contributed by atoms with Crippen LogP contribution in [0, 0.1) is 10.1 Å². The number of nitrogens with zero attached hydrogens (tertiary/aromatic N) is 2. The molecule has 3 aromatic rings. The fourth-order valence-electron chi connectivity index (χ4n) is 2.76. The van der Waals surface area contributed by atoms with Gasteiger partial charge >= 0.3 is 0 Å². The predicted octanol–water partition coefficient (Wildman–Crippen LogP) is 3.61. The predicted molar refractivity (Wildman–Crippen MR) is 117 cm³/mol. The van der Waals surface area contributed by atoms with E-state index in [4.69, 9.17) is 11.6 Å². The Bertz CT molecular complexity index is 1070. The van der Waals surface area contributed by atoms with Gasteiger partial charge in [0.1, 0.15) is 6.04 Å². The standard InChI is InChI=1S/C19H18ClN5O4S/c1-30-9-8-16(18(27)24-19-22-14-4-2-3-5-15(14)23-19)21-17(26)12-10-11(25(28)29)6-7-13(12)20/h2-7,10,16H,8-9H2,1H3,(H,21,26)(H2,22,23,24,27)/t16-/m1/s1. The number of rotatable bonds is 8. The van der Waals surface area contributed by atoms with Crippen molar-refractivity contribution in [2.45, 2.75) is 12.5 Å². The number of hydrogen-bond donors (Lipinski definition) is 3. The van der Waals surface area contributed by atoms with Crippen molar-refractivity contribution >= 4 is 57.8 Å². The number of benzene rings is 2. The summed E-state index contributed by atoms with van der Waals surface area (Å²) >= 11 is 7.55. The van der Waals surface area contributed by atoms with Crippen LogP contribution < -0.4 is 10.6 Å². The first kappa shape index (κ1) is 21.6. The quantitative estimate of drug-likeness (QED) is 0.357. The smallest absolute Gasteiger partial charge is 0.270 e. The van der Waals surface area contributed by atoms with Crippen molar-refractivity contribution in [3.63, 3.8) is 0 Å². The van der Waals surface area contributed by atoms with Crippen LogP contribution in [0.5, 0.6) is 0 Å². The molecule has 1 atom stereocenters. The molecule has 0 aliphatic rings. The van der Waals surface area contributed by atoms with E-state index in [0.717, 1.165) is 11.6 Å². The first-order chi connectivity index (χ1) is 14.4. The monoisotopic (exact) mass is 447 g/mol. The molecule has 1 aromatic heterocycles. The molecule has 9 nitrogen and oxygen atoms in total. The average molecular weight is 448 g/mol. The molecule has 0 spiro atoms. The Morgan fingerprint density at radius 2 is 2.07 bits per heavy atom. The highest BCUT2D eigenvalue weighted by Gasteiger charge is 2.24. The maximum absolute atomic E-state index is 12.8. The average Bonchev–Trinajstić information content (AvgIpc) is 3.13. The third-order valence-electron chi connectivity index (χ3n) is 4.27. The minimum absolute atomic E-state index is 0.0550. The van der Waals surface area contributed by atoms with Crippen molar-refractivity contribution in [1.29, 1.82) is 0 Å². The van der Waals surface area contributed by atoms with Crippen molar-refractivity contribution < 1.29 is 14.5 Å². The number of fused-ring (bicyclic) bond motifs is 1. The number of anilines is 1. The zero-order valence-corrected chi connectivity index (χ0v) is 17.4. The van der Waals surface area contributed by atoms with Crippen LogP contribution in [-0.4, -0.2) is 44.8 Å². The van der Waals surface area contributed by atoms with E-state index in [1.807, 2.05) is 24.5 Å². The van der Waals surface area contributed by atoms with Gasteiger partial charge in [-0.3, -0.25) is 25.0 Å². The Morgan fingerprint density at radius 3 is 2.77 bits per heavy atom. The third-order valence-corrected chi connectivity index (χ3v) is 5.24. The molecule has 156 valence electrons. The number of thioether (sulfide) groups is 1. The number of aromatic nitrogens is 2. The second-order valence-corrected chi connectivity index (χ2v) is 7.71. The molecule has 0 fully saturated rings. The summed E-state index contributed by atoms with van der Waals surface area (Å²) in [4.78, 5) is 43.1. The Labute approximate surface area is 180 Å². The first-order valence-electron chi connectivity index (χ1n) is 8.88. The number of hydrogen-bond acceptors (Lipinski definition) is 6. The summed E-state index contributed by atoms with van der Waals surface area (Å²) in [5, 5.41) is 16.3. The van der Waals surface area contributed by atoms with Crippen LogP contribution in [0.2, 0.25) is 5.02 Å². The number of H-pyrrole nitrogens is 1. The Morgan fingerprint density at radius 1 is 1.30 bits per heavy atom. The van der Waals surface area contributed by atoms with Gasteiger partial charge in [-0.15, -0.1) is 0 Å². The van der Waals surface area contributed by atoms with E-state index in [0.29, 0.717) is 17.7 Å². The number of non-ortho nitro benzene ring substituents is 1. The lowest BCUT2D eigenvalue weighted by atomic mass is 10.1. The molecule has 0 radical (unpaired) electrons. The highest BCUT2D eigenvalue weighted by molar-refractivity contribution is 7.98. The van der Waals surface area contributed by atoms with E-state index < -0.39 is 22.8 Å². The van der Waals surface area contributed by atoms with Gasteiger partial charge in [-0.05, 0) is 36.6 Å². The molecule has 0 bridgehead atoms. The van der Waals surface area contributed by atoms with Gasteiger partial charge in [0.05, 0.1) is 26.5 Å². The highest BCUT2D eigenvalue weighted by Crippen LogP contribution is 2.22. The molecule has 3 rings (SSSR count). The second kappa shape index (κ2) is 9.59. The summed E-state index contributed by atoms with van der Waals surface area (Å²) in [6.45, 7) is 0. The Hall–Kier alpha value is -3.11. The van der Waals surface area contributed by atoms with Gasteiger partial charge in [0, 0.05) is 12.1 Å². The number of imidazole rings is 1. The molecule has 0 aliphatic carbocycles. The SMILES string of the molecule is CSCC[C@@H](NC(=O)c1cc([N+](=O)[O-])ccc1Cl)C(=O)Nc1nc2ccccc2[nH]1. The molecule has 0 unspecified atom stereocenters. The van der Waals surface area contributed by atoms with Gasteiger partial charge in [0.2, 0.25) is 11.9 Å². The number of nitrogens with one attached hydrogen (secondary N) is 3. The molecule has 2 aromatic carbocycles. The molecule has 11 heteroatoms. The fourth-order valence-corrected chi connectivity index (χ4v) is 3.43. The first-order valence-corrected chi connectivity index (χ1v) is 10.7. The van der Waals surface area contributed by atoms with Crippen LogP contribution in [0.3, 0.4) is 0 Å². The maximum Gasteiger partial charge on any atom is 0.270 e. The summed E-state index contributed by atoms with van der Waals surface area (Å²) in [6, 6.07) is 10.00. The lowest BCUT2D eigenvalue weighted by Gasteiger charge is -2.17. The number of carbonyl (C=O) groups excluding carboxylic acids is 2. The van der Waals surface area contributed by atoms with Gasteiger partial charge in [-0.25, -0.2) is 4.98 Å². The lowest BCUT2D eigenvalue weighted by molar-refractivity contribution is -0.384. The van der Waals surface area contributed by atoms with Gasteiger partial charge in [0.15, 0.2) is 0 Å². The highest BCUT2D eigenvalue weighted by atomic mass is 35.5. The number of nitro benzene ring substituents is 1. The van der Waals surface area contributed by atoms with E-state index in [1.54, 1.807) is 6.07 Å². The molecule has 1 heterocycles. The molecule has 0 saturated heterocycles. The number of aromatic amines is 1. The number of para-hydroxylation sites is 2. The summed E-state index contributed by atoms with van der Waals surface area (Å²) in [5.41, 5.74) is 1.12. The minimum Gasteiger partial charge on any atom is -0.340 e. The molecule has 0 aliphatic heterocycles. The summed E-state index contributed by atoms with van der Waals surface area (Å²) in [5.74, 6) is -0.258. The molecule has 3 N–H and O–H groups in total. The second-order valence-electron chi connectivity index (χ2n) is 6.32. The lowest BCUT2D eigenvalue weighted by Crippen LogP contribution is -2.44. The number of carbonyl (C=O) groups is 2.